The first-order valence-corrected chi connectivity index (χ1v) is 6.80. The van der Waals surface area contributed by atoms with Crippen LogP contribution in [0, 0.1) is 0 Å². The zero-order chi connectivity index (χ0) is 16.0. The molecule has 0 aromatic heterocycles. The van der Waals surface area contributed by atoms with E-state index in [0.717, 1.165) is 12.5 Å². The van der Waals surface area contributed by atoms with Gasteiger partial charge < -0.3 is 9.47 Å². The molecule has 0 aliphatic carbocycles. The van der Waals surface area contributed by atoms with Crippen LogP contribution in [-0.4, -0.2) is 29.1 Å². The zero-order valence-corrected chi connectivity index (χ0v) is 13.2. The summed E-state index contributed by atoms with van der Waals surface area (Å²) in [6.07, 6.45) is 3.48. The highest BCUT2D eigenvalue weighted by molar-refractivity contribution is 5.95. The Hall–Kier alpha value is -1.42. The standard InChI is InChI=1S/C16H26O4/c1-8-11-13(16(6,7)20-14(18)10-3)19-15(4,5)12(17)9-2/h9-10,13H,2-3,8,11H2,1,4-7H3/t13-/m1/s1. The van der Waals surface area contributed by atoms with Crippen LogP contribution in [0.15, 0.2) is 25.3 Å². The number of esters is 1. The highest BCUT2D eigenvalue weighted by Crippen LogP contribution is 2.27. The topological polar surface area (TPSA) is 52.6 Å². The molecule has 0 aromatic carbocycles. The molecule has 0 saturated carbocycles. The summed E-state index contributed by atoms with van der Waals surface area (Å²) < 4.78 is 11.3. The monoisotopic (exact) mass is 282 g/mol. The maximum atomic E-state index is 11.8. The Balaban J connectivity index is 5.13. The summed E-state index contributed by atoms with van der Waals surface area (Å²) in [4.78, 5) is 23.2. The number of rotatable bonds is 9. The Morgan fingerprint density at radius 2 is 1.70 bits per heavy atom. The third kappa shape index (κ3) is 5.29. The van der Waals surface area contributed by atoms with Crippen molar-refractivity contribution in [3.05, 3.63) is 25.3 Å². The molecule has 4 heteroatoms. The van der Waals surface area contributed by atoms with Crippen molar-refractivity contribution in [1.82, 2.24) is 0 Å². The minimum atomic E-state index is -1.00. The van der Waals surface area contributed by atoms with Crippen LogP contribution < -0.4 is 0 Å². The highest BCUT2D eigenvalue weighted by Gasteiger charge is 2.39. The Labute approximate surface area is 121 Å². The summed E-state index contributed by atoms with van der Waals surface area (Å²) >= 11 is 0. The van der Waals surface area contributed by atoms with Gasteiger partial charge in [-0.2, -0.15) is 0 Å². The van der Waals surface area contributed by atoms with Gasteiger partial charge in [-0.15, -0.1) is 0 Å². The maximum Gasteiger partial charge on any atom is 0.330 e. The number of carbonyl (C=O) groups excluding carboxylic acids is 2. The molecule has 0 radical (unpaired) electrons. The minimum Gasteiger partial charge on any atom is -0.454 e. The third-order valence-electron chi connectivity index (χ3n) is 3.07. The van der Waals surface area contributed by atoms with Gasteiger partial charge in [-0.05, 0) is 40.2 Å². The van der Waals surface area contributed by atoms with Crippen molar-refractivity contribution in [2.24, 2.45) is 0 Å². The van der Waals surface area contributed by atoms with Gasteiger partial charge in [0, 0.05) is 6.08 Å². The fraction of sp³-hybridized carbons (Fsp3) is 0.625. The van der Waals surface area contributed by atoms with E-state index in [1.54, 1.807) is 27.7 Å². The first kappa shape index (κ1) is 18.6. The van der Waals surface area contributed by atoms with Crippen molar-refractivity contribution in [3.63, 3.8) is 0 Å². The van der Waals surface area contributed by atoms with Crippen molar-refractivity contribution in [3.8, 4) is 0 Å². The van der Waals surface area contributed by atoms with Crippen molar-refractivity contribution < 1.29 is 19.1 Å². The van der Waals surface area contributed by atoms with Crippen molar-refractivity contribution in [1.29, 1.82) is 0 Å². The lowest BCUT2D eigenvalue weighted by atomic mass is 9.94. The molecule has 0 heterocycles. The molecule has 4 nitrogen and oxygen atoms in total. The average Bonchev–Trinajstić information content (AvgIpc) is 2.36. The van der Waals surface area contributed by atoms with Crippen LogP contribution in [-0.2, 0) is 19.1 Å². The van der Waals surface area contributed by atoms with E-state index in [9.17, 15) is 9.59 Å². The van der Waals surface area contributed by atoms with Crippen molar-refractivity contribution in [2.75, 3.05) is 0 Å². The quantitative estimate of drug-likeness (QED) is 0.481. The van der Waals surface area contributed by atoms with Gasteiger partial charge in [-0.3, -0.25) is 4.79 Å². The van der Waals surface area contributed by atoms with Crippen LogP contribution in [0.2, 0.25) is 0 Å². The summed E-state index contributed by atoms with van der Waals surface area (Å²) in [5.74, 6) is -0.711. The van der Waals surface area contributed by atoms with Gasteiger partial charge in [-0.25, -0.2) is 4.79 Å². The maximum absolute atomic E-state index is 11.8. The van der Waals surface area contributed by atoms with E-state index in [1.165, 1.54) is 6.08 Å². The molecule has 0 amide bonds. The lowest BCUT2D eigenvalue weighted by molar-refractivity contribution is -0.186. The zero-order valence-electron chi connectivity index (χ0n) is 13.2. The summed E-state index contributed by atoms with van der Waals surface area (Å²) in [7, 11) is 0. The molecule has 0 N–H and O–H groups in total. The summed E-state index contributed by atoms with van der Waals surface area (Å²) in [6.45, 7) is 15.8. The molecule has 0 aliphatic rings. The number of carbonyl (C=O) groups is 2. The lowest BCUT2D eigenvalue weighted by Crippen LogP contribution is -2.48. The predicted octanol–water partition coefficient (Wildman–Crippen LogP) is 3.21. The summed E-state index contributed by atoms with van der Waals surface area (Å²) in [6, 6.07) is 0. The van der Waals surface area contributed by atoms with E-state index in [-0.39, 0.29) is 5.78 Å². The third-order valence-corrected chi connectivity index (χ3v) is 3.07. The normalized spacial score (nSPS) is 13.4. The predicted molar refractivity (Wildman–Crippen MR) is 79.4 cm³/mol. The molecule has 0 bridgehead atoms. The van der Waals surface area contributed by atoms with Crippen LogP contribution in [0.5, 0.6) is 0 Å². The molecule has 0 spiro atoms. The fourth-order valence-corrected chi connectivity index (χ4v) is 1.84. The van der Waals surface area contributed by atoms with Gasteiger partial charge in [0.05, 0.1) is 6.10 Å². The molecular weight excluding hydrogens is 256 g/mol. The number of hydrogen-bond acceptors (Lipinski definition) is 4. The highest BCUT2D eigenvalue weighted by atomic mass is 16.6. The first-order chi connectivity index (χ1) is 9.10. The SMILES string of the molecule is C=CC(=O)OC(C)(C)[C@@H](CCC)OC(C)(C)C(=O)C=C. The van der Waals surface area contributed by atoms with Crippen LogP contribution >= 0.6 is 0 Å². The molecular formula is C16H26O4. The molecule has 0 aromatic rings. The van der Waals surface area contributed by atoms with Gasteiger partial charge >= 0.3 is 5.97 Å². The molecule has 0 saturated heterocycles. The summed E-state index contributed by atoms with van der Waals surface area (Å²) in [5, 5.41) is 0. The van der Waals surface area contributed by atoms with Crippen LogP contribution in [0.25, 0.3) is 0 Å². The Kier molecular flexibility index (Phi) is 6.86. The van der Waals surface area contributed by atoms with E-state index in [4.69, 9.17) is 9.47 Å². The lowest BCUT2D eigenvalue weighted by Gasteiger charge is -2.38. The molecule has 114 valence electrons. The second-order valence-corrected chi connectivity index (χ2v) is 5.70. The molecule has 0 rings (SSSR count). The molecule has 1 atom stereocenters. The summed E-state index contributed by atoms with van der Waals surface area (Å²) in [5.41, 5.74) is -1.85. The van der Waals surface area contributed by atoms with Gasteiger partial charge in [-0.1, -0.05) is 26.5 Å². The Morgan fingerprint density at radius 3 is 2.10 bits per heavy atom. The van der Waals surface area contributed by atoms with Crippen LogP contribution in [0.1, 0.15) is 47.5 Å². The van der Waals surface area contributed by atoms with Gasteiger partial charge in [0.25, 0.3) is 0 Å². The number of hydrogen-bond donors (Lipinski definition) is 0. The minimum absolute atomic E-state index is 0.204. The fourth-order valence-electron chi connectivity index (χ4n) is 1.84. The van der Waals surface area contributed by atoms with E-state index in [1.807, 2.05) is 6.92 Å². The van der Waals surface area contributed by atoms with E-state index in [2.05, 4.69) is 13.2 Å². The van der Waals surface area contributed by atoms with Gasteiger partial charge in [0.1, 0.15) is 11.2 Å². The van der Waals surface area contributed by atoms with E-state index in [0.29, 0.717) is 6.42 Å². The largest absolute Gasteiger partial charge is 0.454 e. The molecule has 0 unspecified atom stereocenters. The van der Waals surface area contributed by atoms with E-state index >= 15 is 0 Å². The molecule has 0 fully saturated rings. The number of ether oxygens (including phenoxy) is 2. The van der Waals surface area contributed by atoms with E-state index < -0.39 is 23.3 Å². The van der Waals surface area contributed by atoms with Crippen LogP contribution in [0.3, 0.4) is 0 Å². The van der Waals surface area contributed by atoms with Gasteiger partial charge in [0.2, 0.25) is 0 Å². The molecule has 0 aliphatic heterocycles. The second kappa shape index (κ2) is 7.39. The average molecular weight is 282 g/mol. The Morgan fingerprint density at radius 1 is 1.15 bits per heavy atom. The smallest absolute Gasteiger partial charge is 0.330 e. The Bertz CT molecular complexity index is 380. The van der Waals surface area contributed by atoms with Gasteiger partial charge in [0.15, 0.2) is 5.78 Å². The number of ketones is 1. The van der Waals surface area contributed by atoms with Crippen molar-refractivity contribution >= 4 is 11.8 Å². The first-order valence-electron chi connectivity index (χ1n) is 6.80. The van der Waals surface area contributed by atoms with Crippen LogP contribution in [0.4, 0.5) is 0 Å². The molecule has 20 heavy (non-hydrogen) atoms. The van der Waals surface area contributed by atoms with Crippen molar-refractivity contribution in [2.45, 2.75) is 64.8 Å². The second-order valence-electron chi connectivity index (χ2n) is 5.70.